The van der Waals surface area contributed by atoms with E-state index in [1.54, 1.807) is 6.92 Å². The minimum absolute atomic E-state index is 0.369. The van der Waals surface area contributed by atoms with Gasteiger partial charge >= 0.3 is 14.5 Å². The lowest BCUT2D eigenvalue weighted by molar-refractivity contribution is -0.179. The minimum atomic E-state index is -3.09. The molecule has 0 heterocycles. The van der Waals surface area contributed by atoms with Gasteiger partial charge in [-0.05, 0) is 71.9 Å². The summed E-state index contributed by atoms with van der Waals surface area (Å²) in [6.45, 7) is 26.9. The first-order chi connectivity index (χ1) is 12.3. The predicted octanol–water partition coefficient (Wildman–Crippen LogP) is 4.53. The van der Waals surface area contributed by atoms with Crippen LogP contribution in [0.2, 0.25) is 71.0 Å². The molecule has 0 aromatic heterocycles. The van der Waals surface area contributed by atoms with E-state index in [1.165, 1.54) is 0 Å². The fourth-order valence-corrected chi connectivity index (χ4v) is 19.1. The van der Waals surface area contributed by atoms with Gasteiger partial charge in [0.05, 0.1) is 0 Å². The van der Waals surface area contributed by atoms with Gasteiger partial charge in [0, 0.05) is 22.2 Å². The Morgan fingerprint density at radius 1 is 0.964 bits per heavy atom. The lowest BCUT2D eigenvalue weighted by Gasteiger charge is -2.51. The maximum absolute atomic E-state index is 12.7. The molecular weight excluding hydrogens is 437 g/mol. The Hall–Kier alpha value is 0.174. The molecular formula is C18H44O5Si5. The van der Waals surface area contributed by atoms with Gasteiger partial charge in [0.2, 0.25) is 5.41 Å². The van der Waals surface area contributed by atoms with Crippen molar-refractivity contribution in [2.75, 3.05) is 0 Å². The van der Waals surface area contributed by atoms with Gasteiger partial charge in [-0.2, -0.15) is 0 Å². The van der Waals surface area contributed by atoms with E-state index in [0.717, 1.165) is 22.3 Å². The Labute approximate surface area is 180 Å². The highest BCUT2D eigenvalue weighted by Crippen LogP contribution is 2.40. The summed E-state index contributed by atoms with van der Waals surface area (Å²) in [4.78, 5) is 12.7. The molecule has 0 aliphatic heterocycles. The number of carbonyl (C=O) groups is 1. The first kappa shape index (κ1) is 28.2. The van der Waals surface area contributed by atoms with E-state index in [0.29, 0.717) is 12.0 Å². The fourth-order valence-electron chi connectivity index (χ4n) is 2.96. The molecule has 0 rings (SSSR count). The summed E-state index contributed by atoms with van der Waals surface area (Å²) < 4.78 is 26.6. The molecule has 28 heavy (non-hydrogen) atoms. The Morgan fingerprint density at radius 3 is 1.79 bits per heavy atom. The van der Waals surface area contributed by atoms with Crippen molar-refractivity contribution in [1.82, 2.24) is 0 Å². The third-order valence-corrected chi connectivity index (χ3v) is 17.1. The van der Waals surface area contributed by atoms with Crippen LogP contribution in [0.4, 0.5) is 0 Å². The maximum Gasteiger partial charge on any atom is 0.391 e. The molecule has 0 saturated carbocycles. The molecule has 0 spiro atoms. The van der Waals surface area contributed by atoms with Crippen molar-refractivity contribution >= 4 is 49.7 Å². The molecule has 0 amide bonds. The van der Waals surface area contributed by atoms with Crippen LogP contribution in [0.1, 0.15) is 20.3 Å². The number of hydrogen-bond acceptors (Lipinski definition) is 5. The van der Waals surface area contributed by atoms with Crippen LogP contribution in [0.25, 0.3) is 0 Å². The van der Waals surface area contributed by atoms with Crippen LogP contribution in [-0.4, -0.2) is 55.1 Å². The van der Waals surface area contributed by atoms with Crippen LogP contribution in [0.3, 0.4) is 0 Å². The average molecular weight is 481 g/mol. The molecule has 10 heteroatoms. The van der Waals surface area contributed by atoms with Crippen molar-refractivity contribution in [2.24, 2.45) is 0 Å². The molecule has 0 radical (unpaired) electrons. The van der Waals surface area contributed by atoms with Gasteiger partial charge in [-0.3, -0.25) is 0 Å². The Balaban J connectivity index is 6.67. The van der Waals surface area contributed by atoms with Gasteiger partial charge in [-0.15, -0.1) is 0 Å². The van der Waals surface area contributed by atoms with Crippen LogP contribution in [0, 0.1) is 0 Å². The third-order valence-electron chi connectivity index (χ3n) is 4.17. The third kappa shape index (κ3) is 8.90. The highest BCUT2D eigenvalue weighted by molar-refractivity contribution is 6.89. The first-order valence-corrected chi connectivity index (χ1v) is 24.0. The fraction of sp³-hybridized carbons (Fsp3) is 0.833. The normalized spacial score (nSPS) is 17.7. The molecule has 0 N–H and O–H groups in total. The molecule has 166 valence electrons. The first-order valence-electron chi connectivity index (χ1n) is 10.3. The van der Waals surface area contributed by atoms with Crippen LogP contribution in [0.5, 0.6) is 0 Å². The van der Waals surface area contributed by atoms with Crippen molar-refractivity contribution in [3.63, 3.8) is 0 Å². The Bertz CT molecular complexity index is 556. The van der Waals surface area contributed by atoms with Crippen LogP contribution in [-0.2, 0) is 22.2 Å². The SMILES string of the molecule is C=C(C)C(=O)OC(CC[SiH3])(O[Si](C)(C)C)[Si](C)(O[Si](C)(C)C)O[Si](C)(C)CC. The van der Waals surface area contributed by atoms with E-state index in [2.05, 4.69) is 72.4 Å². The van der Waals surface area contributed by atoms with E-state index in [1.807, 2.05) is 0 Å². The lowest BCUT2D eigenvalue weighted by Crippen LogP contribution is -2.71. The summed E-state index contributed by atoms with van der Waals surface area (Å²) in [7, 11) is -8.21. The van der Waals surface area contributed by atoms with Gasteiger partial charge in [0.25, 0.3) is 0 Å². The monoisotopic (exact) mass is 480 g/mol. The molecule has 2 atom stereocenters. The van der Waals surface area contributed by atoms with E-state index in [4.69, 9.17) is 17.4 Å². The van der Waals surface area contributed by atoms with E-state index in [9.17, 15) is 4.79 Å². The van der Waals surface area contributed by atoms with Crippen LogP contribution < -0.4 is 0 Å². The molecule has 2 unspecified atom stereocenters. The molecule has 0 aromatic rings. The lowest BCUT2D eigenvalue weighted by atomic mass is 10.3. The summed E-state index contributed by atoms with van der Waals surface area (Å²) in [6, 6.07) is 1.89. The summed E-state index contributed by atoms with van der Waals surface area (Å²) >= 11 is 0. The molecule has 0 aromatic carbocycles. The van der Waals surface area contributed by atoms with Crippen molar-refractivity contribution in [3.8, 4) is 0 Å². The number of carbonyl (C=O) groups excluding carboxylic acids is 1. The second kappa shape index (κ2) is 9.99. The van der Waals surface area contributed by atoms with Gasteiger partial charge in [0.1, 0.15) is 0 Å². The van der Waals surface area contributed by atoms with Crippen molar-refractivity contribution < 1.29 is 22.2 Å². The number of ether oxygens (including phenoxy) is 1. The van der Waals surface area contributed by atoms with Gasteiger partial charge in [0.15, 0.2) is 25.0 Å². The van der Waals surface area contributed by atoms with Crippen LogP contribution >= 0.6 is 0 Å². The molecule has 0 aliphatic rings. The summed E-state index contributed by atoms with van der Waals surface area (Å²) in [5.41, 5.74) is -0.775. The summed E-state index contributed by atoms with van der Waals surface area (Å²) in [5, 5.41) is 0. The zero-order chi connectivity index (χ0) is 22.6. The Kier molecular flexibility index (Phi) is 10.0. The molecule has 0 fully saturated rings. The van der Waals surface area contributed by atoms with E-state index in [-0.39, 0.29) is 0 Å². The second-order valence-electron chi connectivity index (χ2n) is 10.3. The minimum Gasteiger partial charge on any atom is -0.433 e. The van der Waals surface area contributed by atoms with Gasteiger partial charge in [-0.25, -0.2) is 4.79 Å². The maximum atomic E-state index is 12.7. The van der Waals surface area contributed by atoms with Crippen molar-refractivity contribution in [2.45, 2.75) is 96.7 Å². The molecule has 0 bridgehead atoms. The van der Waals surface area contributed by atoms with Crippen molar-refractivity contribution in [1.29, 1.82) is 0 Å². The molecule has 0 saturated heterocycles. The molecule has 0 aliphatic carbocycles. The Morgan fingerprint density at radius 2 is 1.46 bits per heavy atom. The average Bonchev–Trinajstić information content (AvgIpc) is 2.42. The molecule has 5 nitrogen and oxygen atoms in total. The quantitative estimate of drug-likeness (QED) is 0.178. The van der Waals surface area contributed by atoms with Crippen molar-refractivity contribution in [3.05, 3.63) is 12.2 Å². The summed E-state index contributed by atoms with van der Waals surface area (Å²) in [6.07, 6.45) is 0.615. The van der Waals surface area contributed by atoms with E-state index >= 15 is 0 Å². The zero-order valence-corrected chi connectivity index (χ0v) is 26.4. The number of esters is 1. The second-order valence-corrected chi connectivity index (χ2v) is 28.4. The van der Waals surface area contributed by atoms with Gasteiger partial charge in [-0.1, -0.05) is 19.5 Å². The number of rotatable bonds is 12. The van der Waals surface area contributed by atoms with Crippen LogP contribution in [0.15, 0.2) is 12.2 Å². The highest BCUT2D eigenvalue weighted by Gasteiger charge is 2.62. The smallest absolute Gasteiger partial charge is 0.391 e. The zero-order valence-electron chi connectivity index (χ0n) is 20.4. The highest BCUT2D eigenvalue weighted by atomic mass is 28.5. The predicted molar refractivity (Wildman–Crippen MR) is 133 cm³/mol. The van der Waals surface area contributed by atoms with E-state index < -0.39 is 44.9 Å². The largest absolute Gasteiger partial charge is 0.433 e. The topological polar surface area (TPSA) is 54.0 Å². The standard InChI is InChI=1S/C18H44O5Si5/c1-13-27(10,11)23-28(12,22-26(7,8)9)18(14-15-24,21-25(4,5)6)20-17(19)16(2)3/h2,13-15H2,1,3-12,24H3. The number of hydrogen-bond donors (Lipinski definition) is 0. The van der Waals surface area contributed by atoms with Gasteiger partial charge < -0.3 is 17.4 Å². The summed E-state index contributed by atoms with van der Waals surface area (Å²) in [5.74, 6) is -0.425.